The Kier molecular flexibility index (Phi) is 6.15. The summed E-state index contributed by atoms with van der Waals surface area (Å²) in [4.78, 5) is 12.1. The van der Waals surface area contributed by atoms with E-state index in [0.29, 0.717) is 16.6 Å². The first-order chi connectivity index (χ1) is 14.2. The van der Waals surface area contributed by atoms with Gasteiger partial charge in [0.2, 0.25) is 0 Å². The van der Waals surface area contributed by atoms with Crippen molar-refractivity contribution in [1.29, 1.82) is 0 Å². The lowest BCUT2D eigenvalue weighted by atomic mass is 9.46. The summed E-state index contributed by atoms with van der Waals surface area (Å²) in [5.41, 5.74) is 4.07. The molecule has 0 aromatic heterocycles. The molecule has 4 aliphatic carbocycles. The Labute approximate surface area is 186 Å². The maximum absolute atomic E-state index is 12.1. The van der Waals surface area contributed by atoms with E-state index in [1.165, 1.54) is 56.9 Å². The van der Waals surface area contributed by atoms with Gasteiger partial charge in [0.25, 0.3) is 0 Å². The molecule has 0 spiro atoms. The van der Waals surface area contributed by atoms with Gasteiger partial charge in [0.15, 0.2) is 5.78 Å². The smallest absolute Gasteiger partial charge is 0.155 e. The van der Waals surface area contributed by atoms with Crippen LogP contribution in [0.3, 0.4) is 0 Å². The third kappa shape index (κ3) is 3.57. The molecule has 1 nitrogen and oxygen atoms in total. The molecule has 4 aliphatic rings. The van der Waals surface area contributed by atoms with Gasteiger partial charge in [-0.25, -0.2) is 0 Å². The summed E-state index contributed by atoms with van der Waals surface area (Å²) in [7, 11) is 0. The van der Waals surface area contributed by atoms with Crippen molar-refractivity contribution in [2.45, 2.75) is 106 Å². The number of hydrogen-bond acceptors (Lipinski definition) is 1. The van der Waals surface area contributed by atoms with Crippen molar-refractivity contribution in [3.63, 3.8) is 0 Å². The van der Waals surface area contributed by atoms with E-state index in [0.717, 1.165) is 48.3 Å². The van der Waals surface area contributed by atoms with E-state index in [4.69, 9.17) is 0 Å². The Morgan fingerprint density at radius 3 is 2.53 bits per heavy atom. The van der Waals surface area contributed by atoms with Crippen LogP contribution in [0.4, 0.5) is 0 Å². The molecule has 0 unspecified atom stereocenters. The zero-order chi connectivity index (χ0) is 21.7. The average molecular weight is 411 g/mol. The quantitative estimate of drug-likeness (QED) is 0.418. The number of carbonyl (C=O) groups excluding carboxylic acids is 1. The monoisotopic (exact) mass is 410 g/mol. The fraction of sp³-hybridized carbons (Fsp3) is 0.828. The summed E-state index contributed by atoms with van der Waals surface area (Å²) in [5, 5.41) is 0. The molecule has 3 saturated carbocycles. The summed E-state index contributed by atoms with van der Waals surface area (Å²) in [6.07, 6.45) is 17.2. The second-order valence-corrected chi connectivity index (χ2v) is 12.2. The average Bonchev–Trinajstić information content (AvgIpc) is 3.05. The van der Waals surface area contributed by atoms with Gasteiger partial charge in [-0.3, -0.25) is 4.79 Å². The van der Waals surface area contributed by atoms with Crippen molar-refractivity contribution in [3.8, 4) is 0 Å². The minimum absolute atomic E-state index is 0.313. The third-order valence-electron chi connectivity index (χ3n) is 10.5. The van der Waals surface area contributed by atoms with Gasteiger partial charge in [-0.2, -0.15) is 0 Å². The molecule has 0 aliphatic heterocycles. The van der Waals surface area contributed by atoms with Gasteiger partial charge in [0.1, 0.15) is 0 Å². The van der Waals surface area contributed by atoms with Gasteiger partial charge in [-0.15, -0.1) is 0 Å². The zero-order valence-corrected chi connectivity index (χ0v) is 20.6. The van der Waals surface area contributed by atoms with Crippen molar-refractivity contribution in [2.24, 2.45) is 46.3 Å². The Bertz CT molecular complexity index is 727. The van der Waals surface area contributed by atoms with Crippen LogP contribution < -0.4 is 0 Å². The topological polar surface area (TPSA) is 17.1 Å². The van der Waals surface area contributed by atoms with Crippen LogP contribution in [-0.2, 0) is 4.79 Å². The molecule has 3 fully saturated rings. The third-order valence-corrected chi connectivity index (χ3v) is 10.5. The van der Waals surface area contributed by atoms with E-state index in [9.17, 15) is 4.79 Å². The van der Waals surface area contributed by atoms with Gasteiger partial charge in [0, 0.05) is 6.42 Å². The van der Waals surface area contributed by atoms with E-state index >= 15 is 0 Å². The van der Waals surface area contributed by atoms with Crippen LogP contribution >= 0.6 is 0 Å². The van der Waals surface area contributed by atoms with Gasteiger partial charge >= 0.3 is 0 Å². The molecule has 0 radical (unpaired) electrons. The SMILES string of the molecule is CCC(=CCC(C)C)[C@@H](C)[C@H]1CC[C@H]2[C@@H]3CCC4=CC(=O)CC[C@]4(C)[C@H]3CC[C@]12C. The van der Waals surface area contributed by atoms with E-state index in [2.05, 4.69) is 53.7 Å². The normalized spacial score (nSPS) is 42.4. The predicted molar refractivity (Wildman–Crippen MR) is 127 cm³/mol. The van der Waals surface area contributed by atoms with Crippen LogP contribution in [0.15, 0.2) is 23.3 Å². The maximum Gasteiger partial charge on any atom is 0.155 e. The minimum Gasteiger partial charge on any atom is -0.295 e. The molecule has 1 heteroatoms. The van der Waals surface area contributed by atoms with E-state index in [-0.39, 0.29) is 0 Å². The van der Waals surface area contributed by atoms with Crippen LogP contribution in [0.25, 0.3) is 0 Å². The van der Waals surface area contributed by atoms with Crippen molar-refractivity contribution in [3.05, 3.63) is 23.3 Å². The molecule has 4 rings (SSSR count). The van der Waals surface area contributed by atoms with Gasteiger partial charge in [0.05, 0.1) is 0 Å². The highest BCUT2D eigenvalue weighted by atomic mass is 16.1. The molecule has 30 heavy (non-hydrogen) atoms. The zero-order valence-electron chi connectivity index (χ0n) is 20.6. The minimum atomic E-state index is 0.313. The van der Waals surface area contributed by atoms with E-state index < -0.39 is 0 Å². The molecule has 168 valence electrons. The van der Waals surface area contributed by atoms with Gasteiger partial charge < -0.3 is 0 Å². The molecule has 0 amide bonds. The number of allylic oxidation sites excluding steroid dienone is 3. The molecular weight excluding hydrogens is 364 g/mol. The largest absolute Gasteiger partial charge is 0.295 e. The first-order valence-electron chi connectivity index (χ1n) is 13.1. The van der Waals surface area contributed by atoms with E-state index in [1.54, 1.807) is 5.57 Å². The summed E-state index contributed by atoms with van der Waals surface area (Å²) in [5.74, 6) is 5.36. The summed E-state index contributed by atoms with van der Waals surface area (Å²) >= 11 is 0. The molecule has 0 bridgehead atoms. The first-order valence-corrected chi connectivity index (χ1v) is 13.1. The van der Waals surface area contributed by atoms with Crippen LogP contribution in [0.1, 0.15) is 106 Å². The van der Waals surface area contributed by atoms with Gasteiger partial charge in [-0.05, 0) is 110 Å². The van der Waals surface area contributed by atoms with Crippen LogP contribution in [0.5, 0.6) is 0 Å². The second kappa shape index (κ2) is 8.25. The molecule has 0 heterocycles. The van der Waals surface area contributed by atoms with Crippen LogP contribution in [0.2, 0.25) is 0 Å². The maximum atomic E-state index is 12.1. The highest BCUT2D eigenvalue weighted by Crippen LogP contribution is 2.67. The molecule has 7 atom stereocenters. The first kappa shape index (κ1) is 22.3. The summed E-state index contributed by atoms with van der Waals surface area (Å²) in [6, 6.07) is 0. The Hall–Kier alpha value is -0.850. The van der Waals surface area contributed by atoms with Crippen LogP contribution in [-0.4, -0.2) is 5.78 Å². The molecule has 0 saturated heterocycles. The second-order valence-electron chi connectivity index (χ2n) is 12.2. The lowest BCUT2D eigenvalue weighted by Crippen LogP contribution is -2.51. The van der Waals surface area contributed by atoms with E-state index in [1.807, 2.05) is 0 Å². The fourth-order valence-corrected chi connectivity index (χ4v) is 8.72. The Morgan fingerprint density at radius 1 is 1.07 bits per heavy atom. The lowest BCUT2D eigenvalue weighted by Gasteiger charge is -2.58. The molecule has 0 aromatic carbocycles. The lowest BCUT2D eigenvalue weighted by molar-refractivity contribution is -0.117. The van der Waals surface area contributed by atoms with Gasteiger partial charge in [-0.1, -0.05) is 58.8 Å². The highest BCUT2D eigenvalue weighted by molar-refractivity contribution is 5.91. The Morgan fingerprint density at radius 2 is 1.83 bits per heavy atom. The number of hydrogen-bond donors (Lipinski definition) is 0. The highest BCUT2D eigenvalue weighted by Gasteiger charge is 2.59. The number of carbonyl (C=O) groups is 1. The molecule has 0 N–H and O–H groups in total. The molecular formula is C29H46O. The summed E-state index contributed by atoms with van der Waals surface area (Å²) in [6.45, 7) is 14.8. The standard InChI is InChI=1S/C29H46O/c1-7-21(9-8-19(2)3)20(4)25-12-13-26-24-11-10-22-18-23(30)14-16-28(22,5)27(24)15-17-29(25,26)6/h9,18-20,24-27H,7-8,10-17H2,1-6H3/t20-,24+,25-,26+,27+,28+,29-/m1/s1. The summed E-state index contributed by atoms with van der Waals surface area (Å²) < 4.78 is 0. The number of ketones is 1. The van der Waals surface area contributed by atoms with Crippen molar-refractivity contribution >= 4 is 5.78 Å². The molecule has 0 aromatic rings. The number of fused-ring (bicyclic) bond motifs is 5. The fourth-order valence-electron chi connectivity index (χ4n) is 8.72. The van der Waals surface area contributed by atoms with Crippen LogP contribution in [0, 0.1) is 46.3 Å². The van der Waals surface area contributed by atoms with Crippen molar-refractivity contribution in [2.75, 3.05) is 0 Å². The van der Waals surface area contributed by atoms with Crippen molar-refractivity contribution < 1.29 is 4.79 Å². The Balaban J connectivity index is 1.56. The van der Waals surface area contributed by atoms with Crippen molar-refractivity contribution in [1.82, 2.24) is 0 Å². The predicted octanol–water partition coefficient (Wildman–Crippen LogP) is 8.15. The number of rotatable bonds is 5.